The molecular formula is C8H13ClO2S. The predicted molar refractivity (Wildman–Crippen MR) is 48.7 cm³/mol. The summed E-state index contributed by atoms with van der Waals surface area (Å²) in [6.45, 7) is 0. The van der Waals surface area contributed by atoms with Crippen LogP contribution in [0.1, 0.15) is 38.5 Å². The van der Waals surface area contributed by atoms with Gasteiger partial charge in [-0.2, -0.15) is 0 Å². The van der Waals surface area contributed by atoms with Crippen LogP contribution in [0.3, 0.4) is 0 Å². The molecule has 2 nitrogen and oxygen atoms in total. The number of halogens is 1. The van der Waals surface area contributed by atoms with E-state index in [0.717, 1.165) is 12.8 Å². The molecular weight excluding hydrogens is 196 g/mol. The molecule has 2 aliphatic carbocycles. The Bertz CT molecular complexity index is 269. The Labute approximate surface area is 77.7 Å². The third-order valence-electron chi connectivity index (χ3n) is 3.38. The largest absolute Gasteiger partial charge is 0.235 e. The summed E-state index contributed by atoms with van der Waals surface area (Å²) in [6, 6.07) is 0. The summed E-state index contributed by atoms with van der Waals surface area (Å²) in [5.41, 5.74) is 0.382. The smallest absolute Gasteiger partial charge is 0.212 e. The van der Waals surface area contributed by atoms with Gasteiger partial charge in [-0.05, 0) is 31.1 Å². The summed E-state index contributed by atoms with van der Waals surface area (Å²) in [5, 5.41) is -0.239. The molecule has 0 atom stereocenters. The van der Waals surface area contributed by atoms with E-state index in [1.165, 1.54) is 25.7 Å². The number of rotatable bonds is 1. The van der Waals surface area contributed by atoms with E-state index >= 15 is 0 Å². The summed E-state index contributed by atoms with van der Waals surface area (Å²) < 4.78 is 21.8. The van der Waals surface area contributed by atoms with Gasteiger partial charge in [0.1, 0.15) is 0 Å². The van der Waals surface area contributed by atoms with E-state index in [-0.39, 0.29) is 5.25 Å². The molecule has 1 spiro atoms. The highest BCUT2D eigenvalue weighted by atomic mass is 35.7. The standard InChI is InChI=1S/C8H13ClO2S/c9-12(10,11)7-5-8(6-7)3-1-2-4-8/h7H,1-6H2. The van der Waals surface area contributed by atoms with Crippen LogP contribution in [-0.2, 0) is 9.05 Å². The molecule has 0 saturated heterocycles. The minimum Gasteiger partial charge on any atom is -0.212 e. The Kier molecular flexibility index (Phi) is 1.92. The normalized spacial score (nSPS) is 29.1. The fraction of sp³-hybridized carbons (Fsp3) is 1.00. The quantitative estimate of drug-likeness (QED) is 0.620. The van der Waals surface area contributed by atoms with E-state index in [4.69, 9.17) is 10.7 Å². The SMILES string of the molecule is O=S(=O)(Cl)C1CC2(CCCC2)C1. The maximum Gasteiger partial charge on any atom is 0.235 e. The molecule has 4 heteroatoms. The topological polar surface area (TPSA) is 34.1 Å². The molecule has 2 fully saturated rings. The highest BCUT2D eigenvalue weighted by Gasteiger charge is 2.50. The first kappa shape index (κ1) is 8.82. The predicted octanol–water partition coefficient (Wildman–Crippen LogP) is 2.28. The molecule has 0 aromatic rings. The fourth-order valence-corrected chi connectivity index (χ4v) is 4.12. The monoisotopic (exact) mass is 208 g/mol. The lowest BCUT2D eigenvalue weighted by molar-refractivity contribution is 0.149. The highest BCUT2D eigenvalue weighted by Crippen LogP contribution is 2.55. The van der Waals surface area contributed by atoms with Gasteiger partial charge in [0.25, 0.3) is 0 Å². The minimum atomic E-state index is -3.26. The molecule has 2 aliphatic rings. The Morgan fingerprint density at radius 3 is 2.08 bits per heavy atom. The average Bonchev–Trinajstić information content (AvgIpc) is 2.27. The van der Waals surface area contributed by atoms with Crippen molar-refractivity contribution in [3.8, 4) is 0 Å². The number of hydrogen-bond donors (Lipinski definition) is 0. The lowest BCUT2D eigenvalue weighted by Crippen LogP contribution is -2.41. The minimum absolute atomic E-state index is 0.239. The first-order valence-electron chi connectivity index (χ1n) is 4.45. The lowest BCUT2D eigenvalue weighted by atomic mass is 9.67. The first-order chi connectivity index (χ1) is 5.52. The zero-order chi connectivity index (χ0) is 8.82. The molecule has 0 aromatic heterocycles. The van der Waals surface area contributed by atoms with Gasteiger partial charge < -0.3 is 0 Å². The molecule has 70 valence electrons. The maximum absolute atomic E-state index is 10.9. The van der Waals surface area contributed by atoms with Crippen molar-refractivity contribution < 1.29 is 8.42 Å². The van der Waals surface area contributed by atoms with Crippen molar-refractivity contribution in [1.29, 1.82) is 0 Å². The zero-order valence-electron chi connectivity index (χ0n) is 6.92. The molecule has 0 aromatic carbocycles. The Hall–Kier alpha value is 0.240. The van der Waals surface area contributed by atoms with E-state index in [1.807, 2.05) is 0 Å². The molecule has 0 bridgehead atoms. The molecule has 0 heterocycles. The molecule has 12 heavy (non-hydrogen) atoms. The van der Waals surface area contributed by atoms with E-state index in [9.17, 15) is 8.42 Å². The molecule has 0 amide bonds. The van der Waals surface area contributed by atoms with Crippen molar-refractivity contribution in [3.05, 3.63) is 0 Å². The number of hydrogen-bond acceptors (Lipinski definition) is 2. The van der Waals surface area contributed by atoms with Crippen molar-refractivity contribution in [1.82, 2.24) is 0 Å². The van der Waals surface area contributed by atoms with E-state index in [2.05, 4.69) is 0 Å². The Balaban J connectivity index is 1.99. The lowest BCUT2D eigenvalue weighted by Gasteiger charge is -2.43. The van der Waals surface area contributed by atoms with Crippen molar-refractivity contribution in [2.75, 3.05) is 0 Å². The van der Waals surface area contributed by atoms with Crippen LogP contribution in [0.2, 0.25) is 0 Å². The van der Waals surface area contributed by atoms with Gasteiger partial charge in [-0.15, -0.1) is 0 Å². The summed E-state index contributed by atoms with van der Waals surface area (Å²) in [6.07, 6.45) is 6.62. The van der Waals surface area contributed by atoms with Gasteiger partial charge >= 0.3 is 0 Å². The molecule has 0 radical (unpaired) electrons. The second-order valence-electron chi connectivity index (χ2n) is 4.21. The van der Waals surface area contributed by atoms with Crippen LogP contribution in [0.5, 0.6) is 0 Å². The fourth-order valence-electron chi connectivity index (χ4n) is 2.64. The van der Waals surface area contributed by atoms with Crippen molar-refractivity contribution >= 4 is 19.7 Å². The van der Waals surface area contributed by atoms with Crippen LogP contribution in [0.25, 0.3) is 0 Å². The summed E-state index contributed by atoms with van der Waals surface area (Å²) in [4.78, 5) is 0. The summed E-state index contributed by atoms with van der Waals surface area (Å²) in [5.74, 6) is 0. The van der Waals surface area contributed by atoms with E-state index < -0.39 is 9.05 Å². The maximum atomic E-state index is 10.9. The molecule has 0 aliphatic heterocycles. The highest BCUT2D eigenvalue weighted by molar-refractivity contribution is 8.14. The van der Waals surface area contributed by atoms with Crippen molar-refractivity contribution in [3.63, 3.8) is 0 Å². The van der Waals surface area contributed by atoms with Crippen LogP contribution in [-0.4, -0.2) is 13.7 Å². The van der Waals surface area contributed by atoms with Gasteiger partial charge in [0.15, 0.2) is 0 Å². The zero-order valence-corrected chi connectivity index (χ0v) is 8.50. The van der Waals surface area contributed by atoms with Gasteiger partial charge in [0.2, 0.25) is 9.05 Å². The molecule has 2 saturated carbocycles. The van der Waals surface area contributed by atoms with Gasteiger partial charge in [-0.3, -0.25) is 0 Å². The Morgan fingerprint density at radius 1 is 1.17 bits per heavy atom. The van der Waals surface area contributed by atoms with Gasteiger partial charge in [0.05, 0.1) is 5.25 Å². The Morgan fingerprint density at radius 2 is 1.67 bits per heavy atom. The van der Waals surface area contributed by atoms with Crippen LogP contribution in [0.4, 0.5) is 0 Å². The summed E-state index contributed by atoms with van der Waals surface area (Å²) in [7, 11) is 2.01. The molecule has 0 N–H and O–H groups in total. The van der Waals surface area contributed by atoms with Crippen molar-refractivity contribution in [2.24, 2.45) is 5.41 Å². The van der Waals surface area contributed by atoms with Crippen molar-refractivity contribution in [2.45, 2.75) is 43.8 Å². The van der Waals surface area contributed by atoms with Gasteiger partial charge in [-0.25, -0.2) is 8.42 Å². The summed E-state index contributed by atoms with van der Waals surface area (Å²) >= 11 is 0. The first-order valence-corrected chi connectivity index (χ1v) is 6.83. The average molecular weight is 209 g/mol. The third-order valence-corrected chi connectivity index (χ3v) is 5.27. The van der Waals surface area contributed by atoms with Crippen LogP contribution < -0.4 is 0 Å². The van der Waals surface area contributed by atoms with E-state index in [1.54, 1.807) is 0 Å². The van der Waals surface area contributed by atoms with Gasteiger partial charge in [-0.1, -0.05) is 12.8 Å². The third kappa shape index (κ3) is 1.37. The van der Waals surface area contributed by atoms with Crippen LogP contribution in [0.15, 0.2) is 0 Å². The van der Waals surface area contributed by atoms with E-state index in [0.29, 0.717) is 5.41 Å². The van der Waals surface area contributed by atoms with Crippen LogP contribution in [0, 0.1) is 5.41 Å². The second-order valence-corrected chi connectivity index (χ2v) is 7.12. The molecule has 2 rings (SSSR count). The van der Waals surface area contributed by atoms with Crippen LogP contribution >= 0.6 is 10.7 Å². The molecule has 0 unspecified atom stereocenters. The second kappa shape index (κ2) is 2.61. The van der Waals surface area contributed by atoms with Gasteiger partial charge in [0, 0.05) is 10.7 Å².